The van der Waals surface area contributed by atoms with E-state index in [0.29, 0.717) is 5.75 Å². The van der Waals surface area contributed by atoms with Crippen molar-refractivity contribution in [3.63, 3.8) is 0 Å². The first-order valence-corrected chi connectivity index (χ1v) is 8.35. The second-order valence-electron chi connectivity index (χ2n) is 6.96. The van der Waals surface area contributed by atoms with Crippen LogP contribution in [0, 0.1) is 5.41 Å². The molecule has 0 atom stereocenters. The molecule has 0 spiro atoms. The van der Waals surface area contributed by atoms with Crippen molar-refractivity contribution in [2.45, 2.75) is 40.0 Å². The minimum Gasteiger partial charge on any atom is -0.480 e. The maximum atomic E-state index is 11.8. The van der Waals surface area contributed by atoms with Gasteiger partial charge in [-0.1, -0.05) is 18.6 Å². The Morgan fingerprint density at radius 1 is 1.12 bits per heavy atom. The molecule has 0 radical (unpaired) electrons. The van der Waals surface area contributed by atoms with Gasteiger partial charge in [0.2, 0.25) is 0 Å². The van der Waals surface area contributed by atoms with Gasteiger partial charge in [0, 0.05) is 13.1 Å². The average molecular weight is 334 g/mol. The molecule has 0 aliphatic carbocycles. The number of hydrazine groups is 1. The van der Waals surface area contributed by atoms with Crippen molar-refractivity contribution < 1.29 is 19.1 Å². The summed E-state index contributed by atoms with van der Waals surface area (Å²) < 4.78 is 10.3. The number of hydrogen-bond acceptors (Lipinski definition) is 6. The Kier molecular flexibility index (Phi) is 6.20. The first kappa shape index (κ1) is 18.3. The number of esters is 2. The van der Waals surface area contributed by atoms with Crippen LogP contribution in [0.2, 0.25) is 0 Å². The SMILES string of the molecule is CC(C)(C)C(=O)OC(=O)COc1ccccc1NN1CCCCC1. The highest BCUT2D eigenvalue weighted by Crippen LogP contribution is 2.25. The topological polar surface area (TPSA) is 67.9 Å². The lowest BCUT2D eigenvalue weighted by Crippen LogP contribution is -2.35. The summed E-state index contributed by atoms with van der Waals surface area (Å²) in [7, 11) is 0. The predicted octanol–water partition coefficient (Wildman–Crippen LogP) is 2.99. The molecule has 1 fully saturated rings. The van der Waals surface area contributed by atoms with Crippen molar-refractivity contribution in [3.05, 3.63) is 24.3 Å². The van der Waals surface area contributed by atoms with Crippen LogP contribution in [0.1, 0.15) is 40.0 Å². The lowest BCUT2D eigenvalue weighted by molar-refractivity contribution is -0.166. The van der Waals surface area contributed by atoms with Gasteiger partial charge in [-0.2, -0.15) is 0 Å². The fraction of sp³-hybridized carbons (Fsp3) is 0.556. The van der Waals surface area contributed by atoms with Gasteiger partial charge >= 0.3 is 11.9 Å². The number of rotatable bonds is 5. The molecule has 1 heterocycles. The zero-order valence-corrected chi connectivity index (χ0v) is 14.6. The third kappa shape index (κ3) is 5.53. The third-order valence-electron chi connectivity index (χ3n) is 3.69. The van der Waals surface area contributed by atoms with Crippen molar-refractivity contribution in [1.82, 2.24) is 5.01 Å². The van der Waals surface area contributed by atoms with Gasteiger partial charge in [0.1, 0.15) is 5.75 Å². The fourth-order valence-electron chi connectivity index (χ4n) is 2.28. The summed E-state index contributed by atoms with van der Waals surface area (Å²) in [5.41, 5.74) is 3.41. The molecule has 24 heavy (non-hydrogen) atoms. The number of nitrogens with zero attached hydrogens (tertiary/aromatic N) is 1. The Hall–Kier alpha value is -2.08. The molecule has 1 N–H and O–H groups in total. The van der Waals surface area contributed by atoms with Crippen LogP contribution in [-0.4, -0.2) is 36.6 Å². The highest BCUT2D eigenvalue weighted by atomic mass is 16.6. The van der Waals surface area contributed by atoms with Crippen molar-refractivity contribution in [2.75, 3.05) is 25.1 Å². The van der Waals surface area contributed by atoms with E-state index in [4.69, 9.17) is 9.47 Å². The number of piperidine rings is 1. The van der Waals surface area contributed by atoms with Crippen molar-refractivity contribution in [1.29, 1.82) is 0 Å². The van der Waals surface area contributed by atoms with Crippen molar-refractivity contribution >= 4 is 17.6 Å². The molecule has 132 valence electrons. The van der Waals surface area contributed by atoms with Gasteiger partial charge in [-0.15, -0.1) is 0 Å². The minimum atomic E-state index is -0.719. The zero-order valence-electron chi connectivity index (χ0n) is 14.6. The predicted molar refractivity (Wildman–Crippen MR) is 91.5 cm³/mol. The molecule has 0 bridgehead atoms. The molecule has 1 aliphatic heterocycles. The Morgan fingerprint density at radius 3 is 2.46 bits per heavy atom. The third-order valence-corrected chi connectivity index (χ3v) is 3.69. The van der Waals surface area contributed by atoms with E-state index in [1.165, 1.54) is 6.42 Å². The lowest BCUT2D eigenvalue weighted by Gasteiger charge is -2.28. The number of ether oxygens (including phenoxy) is 2. The van der Waals surface area contributed by atoms with Crippen molar-refractivity contribution in [2.24, 2.45) is 5.41 Å². The van der Waals surface area contributed by atoms with Gasteiger partial charge in [-0.05, 0) is 45.7 Å². The number of benzene rings is 1. The van der Waals surface area contributed by atoms with Gasteiger partial charge in [0.25, 0.3) is 0 Å². The number of para-hydroxylation sites is 2. The van der Waals surface area contributed by atoms with Crippen LogP contribution in [0.15, 0.2) is 24.3 Å². The number of anilines is 1. The van der Waals surface area contributed by atoms with E-state index in [0.717, 1.165) is 31.6 Å². The van der Waals surface area contributed by atoms with E-state index >= 15 is 0 Å². The molecule has 0 unspecified atom stereocenters. The van der Waals surface area contributed by atoms with Gasteiger partial charge in [-0.25, -0.2) is 9.80 Å². The molecule has 1 aromatic carbocycles. The molecule has 6 nitrogen and oxygen atoms in total. The summed E-state index contributed by atoms with van der Waals surface area (Å²) in [5.74, 6) is -0.693. The Balaban J connectivity index is 1.90. The van der Waals surface area contributed by atoms with E-state index in [1.807, 2.05) is 18.2 Å². The number of hydrogen-bond donors (Lipinski definition) is 1. The quantitative estimate of drug-likeness (QED) is 0.659. The van der Waals surface area contributed by atoms with E-state index in [9.17, 15) is 9.59 Å². The van der Waals surface area contributed by atoms with Crippen LogP contribution in [-0.2, 0) is 14.3 Å². The highest BCUT2D eigenvalue weighted by molar-refractivity contribution is 5.88. The van der Waals surface area contributed by atoms with Crippen LogP contribution >= 0.6 is 0 Å². The van der Waals surface area contributed by atoms with Crippen LogP contribution in [0.5, 0.6) is 5.75 Å². The van der Waals surface area contributed by atoms with Crippen LogP contribution in [0.25, 0.3) is 0 Å². The molecule has 0 aromatic heterocycles. The normalized spacial score (nSPS) is 15.6. The molecule has 6 heteroatoms. The molecule has 1 saturated heterocycles. The second-order valence-corrected chi connectivity index (χ2v) is 6.96. The Bertz CT molecular complexity index is 575. The first-order valence-electron chi connectivity index (χ1n) is 8.35. The van der Waals surface area contributed by atoms with E-state index in [2.05, 4.69) is 10.4 Å². The van der Waals surface area contributed by atoms with Gasteiger partial charge in [0.05, 0.1) is 11.1 Å². The smallest absolute Gasteiger partial charge is 0.351 e. The molecule has 1 aliphatic rings. The minimum absolute atomic E-state index is 0.305. The summed E-state index contributed by atoms with van der Waals surface area (Å²) in [6.07, 6.45) is 3.58. The summed E-state index contributed by atoms with van der Waals surface area (Å²) in [6, 6.07) is 7.42. The molecule has 2 rings (SSSR count). The average Bonchev–Trinajstić information content (AvgIpc) is 2.54. The maximum Gasteiger partial charge on any atom is 0.351 e. The van der Waals surface area contributed by atoms with Gasteiger partial charge < -0.3 is 14.9 Å². The Labute approximate surface area is 143 Å². The lowest BCUT2D eigenvalue weighted by atomic mass is 9.97. The van der Waals surface area contributed by atoms with Gasteiger partial charge in [0.15, 0.2) is 6.61 Å². The maximum absolute atomic E-state index is 11.8. The van der Waals surface area contributed by atoms with Crippen LogP contribution < -0.4 is 10.2 Å². The standard InChI is InChI=1S/C18H26N2O4/c1-18(2,3)17(22)24-16(21)13-23-15-10-6-5-9-14(15)19-20-11-7-4-8-12-20/h5-6,9-10,19H,4,7-8,11-13H2,1-3H3. The van der Waals surface area contributed by atoms with Crippen molar-refractivity contribution in [3.8, 4) is 5.75 Å². The molecular weight excluding hydrogens is 308 g/mol. The Morgan fingerprint density at radius 2 is 1.79 bits per heavy atom. The fourth-order valence-corrected chi connectivity index (χ4v) is 2.28. The van der Waals surface area contributed by atoms with E-state index in [1.54, 1.807) is 26.8 Å². The van der Waals surface area contributed by atoms with E-state index in [-0.39, 0.29) is 6.61 Å². The number of carbonyl (C=O) groups is 2. The summed E-state index contributed by atoms with van der Waals surface area (Å²) in [6.45, 7) is 6.75. The molecular formula is C18H26N2O4. The molecule has 1 aromatic rings. The molecule has 0 amide bonds. The second kappa shape index (κ2) is 8.15. The van der Waals surface area contributed by atoms with E-state index < -0.39 is 17.4 Å². The van der Waals surface area contributed by atoms with Crippen LogP contribution in [0.3, 0.4) is 0 Å². The highest BCUT2D eigenvalue weighted by Gasteiger charge is 2.26. The largest absolute Gasteiger partial charge is 0.480 e. The summed E-state index contributed by atoms with van der Waals surface area (Å²) >= 11 is 0. The number of carbonyl (C=O) groups excluding carboxylic acids is 2. The first-order chi connectivity index (χ1) is 11.4. The molecule has 0 saturated carbocycles. The zero-order chi connectivity index (χ0) is 17.6. The monoisotopic (exact) mass is 334 g/mol. The van der Waals surface area contributed by atoms with Crippen LogP contribution in [0.4, 0.5) is 5.69 Å². The number of nitrogens with one attached hydrogen (secondary N) is 1. The summed E-state index contributed by atoms with van der Waals surface area (Å²) in [4.78, 5) is 23.5. The summed E-state index contributed by atoms with van der Waals surface area (Å²) in [5, 5.41) is 2.15. The van der Waals surface area contributed by atoms with Gasteiger partial charge in [-0.3, -0.25) is 4.79 Å².